The number of alkyl halides is 1. The van der Waals surface area contributed by atoms with Crippen molar-refractivity contribution in [2.75, 3.05) is 12.4 Å². The van der Waals surface area contributed by atoms with Gasteiger partial charge in [-0.1, -0.05) is 32.8 Å². The van der Waals surface area contributed by atoms with Gasteiger partial charge in [0.1, 0.15) is 21.6 Å². The number of hydrogen-bond donors (Lipinski definition) is 0. The highest BCUT2D eigenvalue weighted by atomic mass is 79.9. The first kappa shape index (κ1) is 32.0. The highest BCUT2D eigenvalue weighted by Gasteiger charge is 2.43. The van der Waals surface area contributed by atoms with Gasteiger partial charge in [0.05, 0.1) is 5.41 Å². The summed E-state index contributed by atoms with van der Waals surface area (Å²) in [6.45, 7) is 11.1. The number of nitrogens with zero attached hydrogens (tertiary/aromatic N) is 1. The molecule has 0 amide bonds. The van der Waals surface area contributed by atoms with Gasteiger partial charge in [-0.15, -0.1) is 26.8 Å². The van der Waals surface area contributed by atoms with Crippen molar-refractivity contribution in [3.63, 3.8) is 0 Å². The lowest BCUT2D eigenvalue weighted by Crippen LogP contribution is -2.42. The van der Waals surface area contributed by atoms with Crippen LogP contribution in [0.1, 0.15) is 48.0 Å². The van der Waals surface area contributed by atoms with Gasteiger partial charge in [-0.3, -0.25) is 9.59 Å². The molecule has 4 unspecified atom stereocenters. The van der Waals surface area contributed by atoms with Gasteiger partial charge in [-0.25, -0.2) is 4.98 Å². The fraction of sp³-hybridized carbons (Fsp3) is 0.632. The van der Waals surface area contributed by atoms with Crippen molar-refractivity contribution in [1.29, 1.82) is 0 Å². The third-order valence-corrected chi connectivity index (χ3v) is 6.17. The first-order valence-electron chi connectivity index (χ1n) is 9.41. The van der Waals surface area contributed by atoms with E-state index >= 15 is 0 Å². The number of halogens is 1. The van der Waals surface area contributed by atoms with Crippen LogP contribution in [0.4, 0.5) is 0 Å². The standard InChI is InChI=1S/C19H28BrNO4S2.H6P4/c1-17(2,3)25-16(23)19(6,20)13-18(4,5)15(22)24-11-12-26-27-14-9-7-8-10-21-14;1-4(2)3/h7-10H,11-13H2,1-6H3;1-3H2. The molecule has 0 radical (unpaired) electrons. The predicted molar refractivity (Wildman–Crippen MR) is 151 cm³/mol. The zero-order chi connectivity index (χ0) is 24.3. The first-order valence-corrected chi connectivity index (χ1v) is 18.7. The van der Waals surface area contributed by atoms with Crippen LogP contribution in [-0.4, -0.2) is 39.2 Å². The van der Waals surface area contributed by atoms with Crippen molar-refractivity contribution in [3.8, 4) is 0 Å². The Morgan fingerprint density at radius 2 is 1.68 bits per heavy atom. The van der Waals surface area contributed by atoms with Gasteiger partial charge in [-0.2, -0.15) is 0 Å². The normalized spacial score (nSPS) is 13.6. The lowest BCUT2D eigenvalue weighted by atomic mass is 9.83. The molecule has 0 saturated carbocycles. The third kappa shape index (κ3) is 16.3. The molecule has 1 heterocycles. The first-order chi connectivity index (χ1) is 14.1. The van der Waals surface area contributed by atoms with E-state index in [1.54, 1.807) is 48.6 Å². The second-order valence-corrected chi connectivity index (χ2v) is 24.2. The van der Waals surface area contributed by atoms with Gasteiger partial charge < -0.3 is 9.47 Å². The minimum atomic E-state index is -0.966. The molecule has 4 atom stereocenters. The van der Waals surface area contributed by atoms with E-state index in [1.807, 2.05) is 39.0 Å². The summed E-state index contributed by atoms with van der Waals surface area (Å²) in [4.78, 5) is 29.1. The van der Waals surface area contributed by atoms with Crippen molar-refractivity contribution in [3.05, 3.63) is 24.4 Å². The number of carbonyl (C=O) groups excluding carboxylic acids is 2. The van der Waals surface area contributed by atoms with E-state index in [9.17, 15) is 9.59 Å². The second-order valence-electron chi connectivity index (χ2n) is 8.42. The summed E-state index contributed by atoms with van der Waals surface area (Å²) in [5.74, 6) is -0.0703. The summed E-state index contributed by atoms with van der Waals surface area (Å²) in [5.41, 5.74) is -1.41. The molecule has 0 aliphatic rings. The van der Waals surface area contributed by atoms with E-state index in [-0.39, 0.29) is 19.4 Å². The Bertz CT molecular complexity index is 686. The Labute approximate surface area is 211 Å². The van der Waals surface area contributed by atoms with Gasteiger partial charge in [0.2, 0.25) is 0 Å². The van der Waals surface area contributed by atoms with Crippen molar-refractivity contribution >= 4 is 83.2 Å². The molecule has 1 aromatic rings. The number of rotatable bonds is 9. The monoisotopic (exact) mass is 607 g/mol. The lowest BCUT2D eigenvalue weighted by Gasteiger charge is -2.32. The van der Waals surface area contributed by atoms with Crippen LogP contribution in [0.15, 0.2) is 29.4 Å². The third-order valence-electron chi connectivity index (χ3n) is 3.33. The predicted octanol–water partition coefficient (Wildman–Crippen LogP) is 7.12. The molecule has 12 heteroatoms. The summed E-state index contributed by atoms with van der Waals surface area (Å²) in [5, 5.41) is 0.918. The Morgan fingerprint density at radius 3 is 2.16 bits per heavy atom. The lowest BCUT2D eigenvalue weighted by molar-refractivity contribution is -0.160. The van der Waals surface area contributed by atoms with Gasteiger partial charge in [0, 0.05) is 11.9 Å². The molecule has 178 valence electrons. The molecule has 0 bridgehead atoms. The Balaban J connectivity index is 0.00000206. The molecule has 0 saturated heterocycles. The average Bonchev–Trinajstić information content (AvgIpc) is 2.59. The summed E-state index contributed by atoms with van der Waals surface area (Å²) in [7, 11) is 11.1. The maximum Gasteiger partial charge on any atom is 0.323 e. The molecular formula is C19H34BrNO4P4S2. The zero-order valence-corrected chi connectivity index (χ0v) is 26.5. The SMILES string of the molecule is CC(C)(C)OC(=O)C(C)(Br)CC(C)(C)C(=O)OCCSSc1ccccn1.PP(P)P. The van der Waals surface area contributed by atoms with Crippen LogP contribution in [0.2, 0.25) is 0 Å². The summed E-state index contributed by atoms with van der Waals surface area (Å²) < 4.78 is 9.87. The van der Waals surface area contributed by atoms with E-state index in [1.165, 1.54) is 0 Å². The number of esters is 2. The van der Waals surface area contributed by atoms with Crippen LogP contribution >= 0.6 is 71.3 Å². The molecule has 0 spiro atoms. The topological polar surface area (TPSA) is 65.5 Å². The number of ether oxygens (including phenoxy) is 2. The number of pyridine rings is 1. The van der Waals surface area contributed by atoms with Crippen LogP contribution in [0.5, 0.6) is 0 Å². The van der Waals surface area contributed by atoms with Crippen LogP contribution in [0.25, 0.3) is 0 Å². The number of aromatic nitrogens is 1. The van der Waals surface area contributed by atoms with Crippen LogP contribution in [0.3, 0.4) is 0 Å². The highest BCUT2D eigenvalue weighted by Crippen LogP contribution is 2.59. The smallest absolute Gasteiger partial charge is 0.323 e. The van der Waals surface area contributed by atoms with Crippen LogP contribution in [0, 0.1) is 5.41 Å². The van der Waals surface area contributed by atoms with Gasteiger partial charge >= 0.3 is 11.9 Å². The Hall–Kier alpha value is 0.990. The fourth-order valence-electron chi connectivity index (χ4n) is 2.22. The minimum Gasteiger partial charge on any atom is -0.464 e. The molecular weight excluding hydrogens is 574 g/mol. The molecule has 1 rings (SSSR count). The summed E-state index contributed by atoms with van der Waals surface area (Å²) >= 11 is 3.43. The van der Waals surface area contributed by atoms with Crippen molar-refractivity contribution in [1.82, 2.24) is 4.98 Å². The van der Waals surface area contributed by atoms with Crippen LogP contribution in [-0.2, 0) is 19.1 Å². The maximum absolute atomic E-state index is 12.5. The van der Waals surface area contributed by atoms with Crippen molar-refractivity contribution in [2.45, 2.75) is 62.9 Å². The quantitative estimate of drug-likeness (QED) is 0.0973. The van der Waals surface area contributed by atoms with E-state index < -0.39 is 21.3 Å². The Kier molecular flexibility index (Phi) is 15.6. The number of carbonyl (C=O) groups is 2. The van der Waals surface area contributed by atoms with Crippen molar-refractivity contribution < 1.29 is 19.1 Å². The van der Waals surface area contributed by atoms with Gasteiger partial charge in [0.25, 0.3) is 0 Å². The molecule has 0 fully saturated rings. The number of hydrogen-bond acceptors (Lipinski definition) is 7. The van der Waals surface area contributed by atoms with E-state index in [2.05, 4.69) is 47.7 Å². The van der Waals surface area contributed by atoms with E-state index in [4.69, 9.17) is 9.47 Å². The molecule has 0 N–H and O–H groups in total. The average molecular weight is 608 g/mol. The molecule has 31 heavy (non-hydrogen) atoms. The Morgan fingerprint density at radius 1 is 1.10 bits per heavy atom. The molecule has 1 aromatic heterocycles. The van der Waals surface area contributed by atoms with Gasteiger partial charge in [0.15, 0.2) is 0 Å². The highest BCUT2D eigenvalue weighted by molar-refractivity contribution is 9.10. The molecule has 0 aliphatic heterocycles. The summed E-state index contributed by atoms with van der Waals surface area (Å²) in [6, 6.07) is 5.73. The minimum absolute atomic E-state index is 0.130. The largest absolute Gasteiger partial charge is 0.464 e. The van der Waals surface area contributed by atoms with Crippen molar-refractivity contribution in [2.24, 2.45) is 5.41 Å². The van der Waals surface area contributed by atoms with Gasteiger partial charge in [-0.05, 0) is 77.9 Å². The van der Waals surface area contributed by atoms with E-state index in [0.29, 0.717) is 12.4 Å². The molecule has 0 aliphatic carbocycles. The molecule has 5 nitrogen and oxygen atoms in total. The second kappa shape index (κ2) is 15.1. The molecule has 0 aromatic carbocycles. The maximum atomic E-state index is 12.5. The summed E-state index contributed by atoms with van der Waals surface area (Å²) in [6.07, 6.45) is 2.01. The van der Waals surface area contributed by atoms with Crippen LogP contribution < -0.4 is 0 Å². The van der Waals surface area contributed by atoms with E-state index in [0.717, 1.165) is 5.03 Å². The zero-order valence-electron chi connectivity index (χ0n) is 18.9. The fourth-order valence-corrected chi connectivity index (χ4v) is 4.71.